The summed E-state index contributed by atoms with van der Waals surface area (Å²) in [6.07, 6.45) is 7.93. The maximum absolute atomic E-state index is 12.1. The summed E-state index contributed by atoms with van der Waals surface area (Å²) >= 11 is 12.0. The van der Waals surface area contributed by atoms with Crippen LogP contribution < -0.4 is 5.32 Å². The van der Waals surface area contributed by atoms with Crippen LogP contribution >= 0.6 is 23.2 Å². The highest BCUT2D eigenvalue weighted by Crippen LogP contribution is 2.28. The van der Waals surface area contributed by atoms with Gasteiger partial charge in [-0.05, 0) is 42.7 Å². The largest absolute Gasteiger partial charge is 0.394 e. The molecule has 1 saturated carbocycles. The minimum atomic E-state index is -0.474. The first-order chi connectivity index (χ1) is 10.0. The van der Waals surface area contributed by atoms with Crippen LogP contribution in [0, 0.1) is 0 Å². The van der Waals surface area contributed by atoms with Gasteiger partial charge >= 0.3 is 0 Å². The van der Waals surface area contributed by atoms with Gasteiger partial charge in [0.15, 0.2) is 0 Å². The Hall–Kier alpha value is -1.03. The van der Waals surface area contributed by atoms with Crippen molar-refractivity contribution in [3.8, 4) is 0 Å². The van der Waals surface area contributed by atoms with Crippen LogP contribution in [0.1, 0.15) is 37.7 Å². The first kappa shape index (κ1) is 16.3. The third-order valence-electron chi connectivity index (χ3n) is 3.87. The summed E-state index contributed by atoms with van der Waals surface area (Å²) in [5, 5.41) is 13.6. The Labute approximate surface area is 134 Å². The summed E-state index contributed by atoms with van der Waals surface area (Å²) in [6.45, 7) is -0.0233. The van der Waals surface area contributed by atoms with Crippen molar-refractivity contribution in [1.29, 1.82) is 0 Å². The van der Waals surface area contributed by atoms with Crippen LogP contribution in [0.15, 0.2) is 24.3 Å². The molecular formula is C16H19Cl2NO2. The molecule has 5 heteroatoms. The number of halogens is 2. The Balaban J connectivity index is 2.03. The van der Waals surface area contributed by atoms with E-state index in [1.165, 1.54) is 6.08 Å². The first-order valence-electron chi connectivity index (χ1n) is 7.11. The van der Waals surface area contributed by atoms with Crippen molar-refractivity contribution in [3.05, 3.63) is 39.9 Å². The van der Waals surface area contributed by atoms with Crippen LogP contribution in [0.25, 0.3) is 6.08 Å². The average Bonchev–Trinajstić information content (AvgIpc) is 2.49. The molecule has 1 aliphatic rings. The number of hydrogen-bond acceptors (Lipinski definition) is 2. The summed E-state index contributed by atoms with van der Waals surface area (Å²) in [7, 11) is 0. The summed E-state index contributed by atoms with van der Waals surface area (Å²) in [5.74, 6) is -0.220. The number of rotatable bonds is 4. The number of benzene rings is 1. The molecule has 1 amide bonds. The van der Waals surface area contributed by atoms with E-state index in [0.29, 0.717) is 15.6 Å². The second kappa shape index (κ2) is 7.30. The Morgan fingerprint density at radius 2 is 2.00 bits per heavy atom. The molecule has 2 rings (SSSR count). The molecule has 0 spiro atoms. The number of nitrogens with one attached hydrogen (secondary N) is 1. The van der Waals surface area contributed by atoms with Crippen molar-refractivity contribution in [2.45, 2.75) is 37.6 Å². The van der Waals surface area contributed by atoms with Crippen LogP contribution in [-0.4, -0.2) is 23.2 Å². The highest BCUT2D eigenvalue weighted by Gasteiger charge is 2.32. The van der Waals surface area contributed by atoms with E-state index in [2.05, 4.69) is 5.32 Å². The molecule has 0 unspecified atom stereocenters. The minimum Gasteiger partial charge on any atom is -0.394 e. The highest BCUT2D eigenvalue weighted by atomic mass is 35.5. The molecule has 0 heterocycles. The molecular weight excluding hydrogens is 309 g/mol. The van der Waals surface area contributed by atoms with E-state index in [9.17, 15) is 9.90 Å². The highest BCUT2D eigenvalue weighted by molar-refractivity contribution is 6.34. The first-order valence-corrected chi connectivity index (χ1v) is 7.86. The fourth-order valence-electron chi connectivity index (χ4n) is 2.66. The van der Waals surface area contributed by atoms with Gasteiger partial charge in [-0.3, -0.25) is 4.79 Å². The molecule has 0 saturated heterocycles. The number of carbonyl (C=O) groups is 1. The van der Waals surface area contributed by atoms with Crippen molar-refractivity contribution in [1.82, 2.24) is 5.32 Å². The van der Waals surface area contributed by atoms with Crippen LogP contribution in [-0.2, 0) is 4.79 Å². The Kier molecular flexibility index (Phi) is 5.68. The second-order valence-corrected chi connectivity index (χ2v) is 6.33. The number of amides is 1. The van der Waals surface area contributed by atoms with E-state index in [1.807, 2.05) is 0 Å². The van der Waals surface area contributed by atoms with Gasteiger partial charge in [0.25, 0.3) is 0 Å². The van der Waals surface area contributed by atoms with Crippen LogP contribution in [0.3, 0.4) is 0 Å². The Morgan fingerprint density at radius 1 is 1.29 bits per heavy atom. The molecule has 0 bridgehead atoms. The van der Waals surface area contributed by atoms with Crippen molar-refractivity contribution in [2.75, 3.05) is 6.61 Å². The van der Waals surface area contributed by atoms with Gasteiger partial charge in [-0.2, -0.15) is 0 Å². The maximum atomic E-state index is 12.1. The van der Waals surface area contributed by atoms with Gasteiger partial charge in [-0.1, -0.05) is 42.5 Å². The van der Waals surface area contributed by atoms with Gasteiger partial charge in [-0.25, -0.2) is 0 Å². The number of carbonyl (C=O) groups excluding carboxylic acids is 1. The monoisotopic (exact) mass is 327 g/mol. The van der Waals surface area contributed by atoms with Crippen LogP contribution in [0.2, 0.25) is 10.0 Å². The molecule has 21 heavy (non-hydrogen) atoms. The van der Waals surface area contributed by atoms with E-state index in [0.717, 1.165) is 32.1 Å². The van der Waals surface area contributed by atoms with E-state index in [-0.39, 0.29) is 12.5 Å². The fourth-order valence-corrected chi connectivity index (χ4v) is 3.02. The third kappa shape index (κ3) is 4.47. The second-order valence-electron chi connectivity index (χ2n) is 5.49. The molecule has 0 aliphatic heterocycles. The Morgan fingerprint density at radius 3 is 2.67 bits per heavy atom. The zero-order valence-corrected chi connectivity index (χ0v) is 13.3. The van der Waals surface area contributed by atoms with Crippen molar-refractivity contribution >= 4 is 35.2 Å². The van der Waals surface area contributed by atoms with Gasteiger partial charge in [-0.15, -0.1) is 0 Å². The molecule has 0 aromatic heterocycles. The third-order valence-corrected chi connectivity index (χ3v) is 4.45. The normalized spacial score (nSPS) is 17.9. The average molecular weight is 328 g/mol. The van der Waals surface area contributed by atoms with Crippen LogP contribution in [0.4, 0.5) is 0 Å². The standard InChI is InChI=1S/C16H19Cl2NO2/c17-13-5-6-14(18)12(10-13)4-7-15(21)19-16(11-20)8-2-1-3-9-16/h4-7,10,20H,1-3,8-9,11H2,(H,19,21). The van der Waals surface area contributed by atoms with E-state index in [1.54, 1.807) is 24.3 Å². The molecule has 2 N–H and O–H groups in total. The molecule has 114 valence electrons. The van der Waals surface area contributed by atoms with Gasteiger partial charge in [0.05, 0.1) is 12.1 Å². The minimum absolute atomic E-state index is 0.0233. The lowest BCUT2D eigenvalue weighted by molar-refractivity contribution is -0.119. The van der Waals surface area contributed by atoms with Gasteiger partial charge < -0.3 is 10.4 Å². The van der Waals surface area contributed by atoms with Gasteiger partial charge in [0, 0.05) is 16.1 Å². The summed E-state index contributed by atoms with van der Waals surface area (Å²) < 4.78 is 0. The van der Waals surface area contributed by atoms with Crippen molar-refractivity contribution in [2.24, 2.45) is 0 Å². The Bertz CT molecular complexity index is 537. The zero-order chi connectivity index (χ0) is 15.3. The number of aliphatic hydroxyl groups is 1. The van der Waals surface area contributed by atoms with E-state index in [4.69, 9.17) is 23.2 Å². The molecule has 1 fully saturated rings. The molecule has 1 aromatic carbocycles. The molecule has 0 radical (unpaired) electrons. The summed E-state index contributed by atoms with van der Waals surface area (Å²) in [5.41, 5.74) is 0.221. The lowest BCUT2D eigenvalue weighted by Gasteiger charge is -2.36. The predicted molar refractivity (Wildman–Crippen MR) is 86.5 cm³/mol. The van der Waals surface area contributed by atoms with Crippen molar-refractivity contribution < 1.29 is 9.90 Å². The zero-order valence-electron chi connectivity index (χ0n) is 11.7. The SMILES string of the molecule is O=C(C=Cc1cc(Cl)ccc1Cl)NC1(CO)CCCCC1. The van der Waals surface area contributed by atoms with Crippen molar-refractivity contribution in [3.63, 3.8) is 0 Å². The molecule has 0 atom stereocenters. The summed E-state index contributed by atoms with van der Waals surface area (Å²) in [6, 6.07) is 5.10. The summed E-state index contributed by atoms with van der Waals surface area (Å²) in [4.78, 5) is 12.1. The van der Waals surface area contributed by atoms with E-state index >= 15 is 0 Å². The predicted octanol–water partition coefficient (Wildman–Crippen LogP) is 3.82. The van der Waals surface area contributed by atoms with Gasteiger partial charge in [0.2, 0.25) is 5.91 Å². The quantitative estimate of drug-likeness (QED) is 0.826. The van der Waals surface area contributed by atoms with Crippen LogP contribution in [0.5, 0.6) is 0 Å². The molecule has 1 aliphatic carbocycles. The smallest absolute Gasteiger partial charge is 0.244 e. The lowest BCUT2D eigenvalue weighted by Crippen LogP contribution is -2.52. The number of aliphatic hydroxyl groups excluding tert-OH is 1. The topological polar surface area (TPSA) is 49.3 Å². The molecule has 3 nitrogen and oxygen atoms in total. The fraction of sp³-hybridized carbons (Fsp3) is 0.438. The van der Waals surface area contributed by atoms with Gasteiger partial charge in [0.1, 0.15) is 0 Å². The molecule has 1 aromatic rings. The number of hydrogen-bond donors (Lipinski definition) is 2. The lowest BCUT2D eigenvalue weighted by atomic mass is 9.82. The van der Waals surface area contributed by atoms with E-state index < -0.39 is 5.54 Å². The maximum Gasteiger partial charge on any atom is 0.244 e.